The van der Waals surface area contributed by atoms with E-state index in [2.05, 4.69) is 0 Å². The highest BCUT2D eigenvalue weighted by molar-refractivity contribution is 7.92. The molecule has 250 valence electrons. The molecule has 0 saturated carbocycles. The Morgan fingerprint density at radius 1 is 0.936 bits per heavy atom. The van der Waals surface area contributed by atoms with Gasteiger partial charge in [0.15, 0.2) is 0 Å². The third-order valence-electron chi connectivity index (χ3n) is 7.73. The number of carboxylic acid groups (broad SMARTS) is 1. The van der Waals surface area contributed by atoms with Crippen molar-refractivity contribution in [2.75, 3.05) is 23.9 Å². The number of ether oxygens (including phenoxy) is 1. The molecule has 0 aromatic heterocycles. The second-order valence-electron chi connectivity index (χ2n) is 10.9. The molecular weight excluding hydrogens is 678 g/mol. The summed E-state index contributed by atoms with van der Waals surface area (Å²) < 4.78 is 116. The van der Waals surface area contributed by atoms with E-state index >= 15 is 0 Å². The van der Waals surface area contributed by atoms with Gasteiger partial charge in [-0.1, -0.05) is 42.0 Å². The maximum atomic E-state index is 13.9. The van der Waals surface area contributed by atoms with Crippen LogP contribution in [0.2, 0.25) is 5.02 Å². The lowest BCUT2D eigenvalue weighted by molar-refractivity contribution is -0.153. The molecule has 8 nitrogen and oxygen atoms in total. The Kier molecular flexibility index (Phi) is 9.25. The average Bonchev–Trinajstić information content (AvgIpc) is 2.97. The maximum absolute atomic E-state index is 13.9. The fourth-order valence-corrected chi connectivity index (χ4v) is 6.97. The first kappa shape index (κ1) is 34.1. The first-order chi connectivity index (χ1) is 21.9. The van der Waals surface area contributed by atoms with Crippen molar-refractivity contribution in [3.05, 3.63) is 87.9 Å². The standard InChI is InChI=1S/C31H25ClF6N2O6S/c32-25-6-2-5-24(31(36,37)38)23(25)10-7-18-8-11-27-26(13-18)40(47(44,45)22-4-1-3-20(14-22)30(33,34)35)17-21(46-27)9-12-28(41)39-15-19(16-39)29(42)43/h1-8,10-11,13-14,19,21H,9,12,15-17H2,(H,42,43). The van der Waals surface area contributed by atoms with Crippen molar-refractivity contribution in [2.24, 2.45) is 5.92 Å². The molecule has 2 aliphatic rings. The van der Waals surface area contributed by atoms with E-state index in [1.807, 2.05) is 0 Å². The maximum Gasteiger partial charge on any atom is 0.417 e. The van der Waals surface area contributed by atoms with Crippen molar-refractivity contribution >= 4 is 51.3 Å². The van der Waals surface area contributed by atoms with Gasteiger partial charge in [-0.25, -0.2) is 8.42 Å². The van der Waals surface area contributed by atoms with Gasteiger partial charge in [0.05, 0.1) is 34.2 Å². The molecule has 1 fully saturated rings. The molecule has 3 aromatic rings. The van der Waals surface area contributed by atoms with Gasteiger partial charge in [-0.3, -0.25) is 13.9 Å². The molecule has 1 amide bonds. The number of carbonyl (C=O) groups is 2. The quantitative estimate of drug-likeness (QED) is 0.204. The van der Waals surface area contributed by atoms with Crippen LogP contribution < -0.4 is 9.04 Å². The molecule has 0 spiro atoms. The number of hydrogen-bond donors (Lipinski definition) is 1. The largest absolute Gasteiger partial charge is 0.486 e. The van der Waals surface area contributed by atoms with Crippen molar-refractivity contribution in [2.45, 2.75) is 36.2 Å². The molecule has 1 saturated heterocycles. The van der Waals surface area contributed by atoms with Crippen molar-refractivity contribution in [1.29, 1.82) is 0 Å². The zero-order valence-electron chi connectivity index (χ0n) is 24.1. The molecule has 3 aromatic carbocycles. The molecule has 0 radical (unpaired) electrons. The lowest BCUT2D eigenvalue weighted by Gasteiger charge is -2.38. The molecule has 16 heteroatoms. The van der Waals surface area contributed by atoms with Gasteiger partial charge in [0.1, 0.15) is 11.9 Å². The highest BCUT2D eigenvalue weighted by Crippen LogP contribution is 2.41. The van der Waals surface area contributed by atoms with Crippen LogP contribution in [-0.4, -0.2) is 56.0 Å². The number of rotatable bonds is 8. The minimum atomic E-state index is -4.83. The number of fused-ring (bicyclic) bond motifs is 1. The van der Waals surface area contributed by atoms with Crippen LogP contribution in [0.15, 0.2) is 65.6 Å². The van der Waals surface area contributed by atoms with Gasteiger partial charge in [-0.05, 0) is 54.4 Å². The summed E-state index contributed by atoms with van der Waals surface area (Å²) in [6.45, 7) is -0.340. The monoisotopic (exact) mass is 702 g/mol. The van der Waals surface area contributed by atoms with Gasteiger partial charge in [-0.15, -0.1) is 0 Å². The minimum Gasteiger partial charge on any atom is -0.486 e. The Morgan fingerprint density at radius 3 is 2.30 bits per heavy atom. The van der Waals surface area contributed by atoms with Crippen LogP contribution in [0.1, 0.15) is 35.1 Å². The van der Waals surface area contributed by atoms with Gasteiger partial charge < -0.3 is 14.7 Å². The predicted octanol–water partition coefficient (Wildman–Crippen LogP) is 6.83. The number of carboxylic acids is 1. The summed E-state index contributed by atoms with van der Waals surface area (Å²) in [6.07, 6.45) is -8.22. The van der Waals surface area contributed by atoms with E-state index in [1.165, 1.54) is 35.2 Å². The third kappa shape index (κ3) is 7.35. The van der Waals surface area contributed by atoms with Crippen LogP contribution in [-0.2, 0) is 32.0 Å². The number of sulfonamides is 1. The summed E-state index contributed by atoms with van der Waals surface area (Å²) in [6, 6.07) is 10.5. The molecule has 0 aliphatic carbocycles. The first-order valence-corrected chi connectivity index (χ1v) is 15.8. The van der Waals surface area contributed by atoms with Crippen LogP contribution in [0.4, 0.5) is 32.0 Å². The highest BCUT2D eigenvalue weighted by Gasteiger charge is 2.39. The summed E-state index contributed by atoms with van der Waals surface area (Å²) >= 11 is 6.04. The smallest absolute Gasteiger partial charge is 0.417 e. The van der Waals surface area contributed by atoms with E-state index in [9.17, 15) is 44.3 Å². The minimum absolute atomic E-state index is 0.00446. The molecule has 2 heterocycles. The molecule has 0 bridgehead atoms. The summed E-state index contributed by atoms with van der Waals surface area (Å²) in [5, 5.41) is 8.87. The Hall–Kier alpha value is -4.24. The highest BCUT2D eigenvalue weighted by atomic mass is 35.5. The number of hydrogen-bond acceptors (Lipinski definition) is 5. The number of aliphatic carboxylic acids is 1. The Morgan fingerprint density at radius 2 is 1.64 bits per heavy atom. The predicted molar refractivity (Wildman–Crippen MR) is 159 cm³/mol. The lowest BCUT2D eigenvalue weighted by atomic mass is 9.99. The van der Waals surface area contributed by atoms with Crippen molar-refractivity contribution in [3.63, 3.8) is 0 Å². The van der Waals surface area contributed by atoms with Crippen LogP contribution in [0.5, 0.6) is 5.75 Å². The number of halogens is 7. The SMILES string of the molecule is O=C(O)C1CN(C(=O)CCC2CN(S(=O)(=O)c3cccc(C(F)(F)F)c3)c3cc(C=Cc4c(Cl)cccc4C(F)(F)F)ccc3O2)C1. The zero-order chi connectivity index (χ0) is 34.3. The van der Waals surface area contributed by atoms with E-state index in [1.54, 1.807) is 0 Å². The molecule has 47 heavy (non-hydrogen) atoms. The topological polar surface area (TPSA) is 104 Å². The second-order valence-corrected chi connectivity index (χ2v) is 13.2. The average molecular weight is 703 g/mol. The fourth-order valence-electron chi connectivity index (χ4n) is 5.18. The Bertz CT molecular complexity index is 1840. The number of alkyl halides is 6. The molecule has 1 unspecified atom stereocenters. The van der Waals surface area contributed by atoms with Crippen LogP contribution in [0.25, 0.3) is 12.2 Å². The molecule has 1 atom stereocenters. The van der Waals surface area contributed by atoms with Crippen LogP contribution >= 0.6 is 11.6 Å². The lowest BCUT2D eigenvalue weighted by Crippen LogP contribution is -2.53. The molecular formula is C31H25ClF6N2O6S. The van der Waals surface area contributed by atoms with Gasteiger partial charge in [0.2, 0.25) is 5.91 Å². The summed E-state index contributed by atoms with van der Waals surface area (Å²) in [7, 11) is -4.67. The van der Waals surface area contributed by atoms with E-state index in [-0.39, 0.29) is 59.4 Å². The van der Waals surface area contributed by atoms with E-state index in [4.69, 9.17) is 21.4 Å². The number of anilines is 1. The number of amides is 1. The van der Waals surface area contributed by atoms with Crippen molar-refractivity contribution in [3.8, 4) is 5.75 Å². The third-order valence-corrected chi connectivity index (χ3v) is 9.83. The van der Waals surface area contributed by atoms with Crippen molar-refractivity contribution < 1.29 is 54.2 Å². The number of benzene rings is 3. The number of likely N-dealkylation sites (tertiary alicyclic amines) is 1. The van der Waals surface area contributed by atoms with Gasteiger partial charge in [0.25, 0.3) is 10.0 Å². The molecule has 1 N–H and O–H groups in total. The first-order valence-electron chi connectivity index (χ1n) is 14.0. The zero-order valence-corrected chi connectivity index (χ0v) is 25.6. The number of nitrogens with zero attached hydrogens (tertiary/aromatic N) is 2. The Labute approximate surface area is 269 Å². The van der Waals surface area contributed by atoms with Crippen LogP contribution in [0, 0.1) is 5.92 Å². The van der Waals surface area contributed by atoms with Gasteiger partial charge in [-0.2, -0.15) is 26.3 Å². The Balaban J connectivity index is 1.47. The molecule has 5 rings (SSSR count). The summed E-state index contributed by atoms with van der Waals surface area (Å²) in [4.78, 5) is 24.3. The van der Waals surface area contributed by atoms with Crippen LogP contribution in [0.3, 0.4) is 0 Å². The van der Waals surface area contributed by atoms with E-state index in [0.717, 1.165) is 40.7 Å². The van der Waals surface area contributed by atoms with Gasteiger partial charge >= 0.3 is 18.3 Å². The van der Waals surface area contributed by atoms with Crippen molar-refractivity contribution in [1.82, 2.24) is 4.90 Å². The normalized spacial score (nSPS) is 17.3. The second kappa shape index (κ2) is 12.8. The summed E-state index contributed by atoms with van der Waals surface area (Å²) in [5.74, 6) is -2.07. The van der Waals surface area contributed by atoms with E-state index in [0.29, 0.717) is 6.07 Å². The van der Waals surface area contributed by atoms with E-state index < -0.39 is 62.9 Å². The molecule has 2 aliphatic heterocycles. The fraction of sp³-hybridized carbons (Fsp3) is 0.290. The summed E-state index contributed by atoms with van der Waals surface area (Å²) in [5.41, 5.74) is -2.38. The number of carbonyl (C=O) groups excluding carboxylic acids is 1. The van der Waals surface area contributed by atoms with Gasteiger partial charge in [0, 0.05) is 30.1 Å².